The number of phenolic OH excluding ortho intramolecular Hbond substituents is 2. The van der Waals surface area contributed by atoms with Crippen molar-refractivity contribution >= 4 is 16.9 Å². The van der Waals surface area contributed by atoms with Crippen molar-refractivity contribution in [2.75, 3.05) is 6.61 Å². The molecule has 0 unspecified atom stereocenters. The van der Waals surface area contributed by atoms with Crippen molar-refractivity contribution in [2.45, 2.75) is 37.6 Å². The van der Waals surface area contributed by atoms with Gasteiger partial charge >= 0.3 is 11.6 Å². The largest absolute Gasteiger partial charge is 0.508 e. The Labute approximate surface area is 192 Å². The van der Waals surface area contributed by atoms with E-state index in [4.69, 9.17) is 18.6 Å². The first-order chi connectivity index (χ1) is 16.1. The second-order valence-electron chi connectivity index (χ2n) is 7.78. The average molecular weight is 474 g/mol. The Bertz CT molecular complexity index is 1250. The summed E-state index contributed by atoms with van der Waals surface area (Å²) in [6.07, 6.45) is -7.75. The summed E-state index contributed by atoms with van der Waals surface area (Å²) in [5.41, 5.74) is 0.108. The molecule has 0 saturated carbocycles. The van der Waals surface area contributed by atoms with Gasteiger partial charge < -0.3 is 44.2 Å². The summed E-state index contributed by atoms with van der Waals surface area (Å²) in [7, 11) is 0. The van der Waals surface area contributed by atoms with Crippen LogP contribution in [-0.4, -0.2) is 68.8 Å². The third-order valence-corrected chi connectivity index (χ3v) is 5.33. The van der Waals surface area contributed by atoms with Crippen LogP contribution in [0, 0.1) is 0 Å². The molecular formula is C23H22O11. The Morgan fingerprint density at radius 3 is 2.35 bits per heavy atom. The quantitative estimate of drug-likeness (QED) is 0.259. The number of rotatable bonds is 5. The van der Waals surface area contributed by atoms with Crippen molar-refractivity contribution in [3.63, 3.8) is 0 Å². The van der Waals surface area contributed by atoms with Gasteiger partial charge in [0.25, 0.3) is 0 Å². The summed E-state index contributed by atoms with van der Waals surface area (Å²) < 4.78 is 21.4. The van der Waals surface area contributed by atoms with Crippen molar-refractivity contribution in [1.82, 2.24) is 0 Å². The molecule has 0 bridgehead atoms. The monoisotopic (exact) mass is 474 g/mol. The van der Waals surface area contributed by atoms with E-state index < -0.39 is 48.9 Å². The molecule has 0 radical (unpaired) electrons. The van der Waals surface area contributed by atoms with Crippen molar-refractivity contribution in [3.8, 4) is 28.4 Å². The lowest BCUT2D eigenvalue weighted by atomic mass is 9.99. The second kappa shape index (κ2) is 9.31. The average Bonchev–Trinajstić information content (AvgIpc) is 2.78. The summed E-state index contributed by atoms with van der Waals surface area (Å²) in [6, 6.07) is 9.54. The van der Waals surface area contributed by atoms with Gasteiger partial charge in [0.1, 0.15) is 53.9 Å². The lowest BCUT2D eigenvalue weighted by molar-refractivity contribution is -0.278. The predicted molar refractivity (Wildman–Crippen MR) is 115 cm³/mol. The lowest BCUT2D eigenvalue weighted by Gasteiger charge is -2.40. The molecule has 5 N–H and O–H groups in total. The van der Waals surface area contributed by atoms with Crippen LogP contribution >= 0.6 is 0 Å². The van der Waals surface area contributed by atoms with E-state index in [2.05, 4.69) is 0 Å². The molecule has 2 aromatic carbocycles. The molecule has 5 atom stereocenters. The Kier molecular flexibility index (Phi) is 6.44. The van der Waals surface area contributed by atoms with E-state index in [9.17, 15) is 35.1 Å². The number of carbonyl (C=O) groups excluding carboxylic acids is 1. The minimum atomic E-state index is -1.71. The number of fused-ring (bicyclic) bond motifs is 1. The van der Waals surface area contributed by atoms with Crippen LogP contribution in [0.5, 0.6) is 17.2 Å². The zero-order chi connectivity index (χ0) is 24.6. The van der Waals surface area contributed by atoms with Crippen LogP contribution in [0.3, 0.4) is 0 Å². The van der Waals surface area contributed by atoms with Crippen LogP contribution in [0.2, 0.25) is 0 Å². The van der Waals surface area contributed by atoms with Crippen LogP contribution in [0.4, 0.5) is 0 Å². The number of phenols is 2. The molecule has 34 heavy (non-hydrogen) atoms. The van der Waals surface area contributed by atoms with E-state index >= 15 is 0 Å². The highest BCUT2D eigenvalue weighted by molar-refractivity contribution is 5.98. The van der Waals surface area contributed by atoms with Crippen LogP contribution in [0.15, 0.2) is 51.7 Å². The molecule has 4 rings (SSSR count). The molecule has 2 heterocycles. The Hall–Kier alpha value is -3.64. The first-order valence-corrected chi connectivity index (χ1v) is 10.2. The Morgan fingerprint density at radius 1 is 0.971 bits per heavy atom. The summed E-state index contributed by atoms with van der Waals surface area (Å²) in [5.74, 6) is -1.02. The zero-order valence-electron chi connectivity index (χ0n) is 17.8. The van der Waals surface area contributed by atoms with E-state index in [0.29, 0.717) is 11.1 Å². The standard InChI is InChI=1S/C23H22O11/c1-10(24)31-9-17-20(28)21(29)22(30)23(34-17)33-16-7-13(26)6-15-19(16)14(8-18(27)32-15)11-2-4-12(25)5-3-11/h2-8,17,20-23,25-26,28-30H,9H2,1H3/t17-,20+,21+,22-,23-/m1/s1. The molecule has 1 fully saturated rings. The minimum absolute atomic E-state index is 0.00948. The van der Waals surface area contributed by atoms with E-state index in [0.717, 1.165) is 6.92 Å². The number of benzene rings is 2. The third kappa shape index (κ3) is 4.68. The number of esters is 1. The van der Waals surface area contributed by atoms with Gasteiger partial charge in [-0.1, -0.05) is 12.1 Å². The normalized spacial score (nSPS) is 24.6. The first-order valence-electron chi connectivity index (χ1n) is 10.2. The van der Waals surface area contributed by atoms with E-state index in [1.807, 2.05) is 0 Å². The number of aliphatic hydroxyl groups is 3. The summed E-state index contributed by atoms with van der Waals surface area (Å²) >= 11 is 0. The minimum Gasteiger partial charge on any atom is -0.508 e. The smallest absolute Gasteiger partial charge is 0.336 e. The summed E-state index contributed by atoms with van der Waals surface area (Å²) in [4.78, 5) is 23.3. The molecule has 1 aliphatic rings. The molecule has 1 saturated heterocycles. The number of ether oxygens (including phenoxy) is 3. The van der Waals surface area contributed by atoms with Crippen molar-refractivity contribution in [2.24, 2.45) is 0 Å². The van der Waals surface area contributed by atoms with Crippen LogP contribution in [-0.2, 0) is 14.3 Å². The van der Waals surface area contributed by atoms with Crippen LogP contribution < -0.4 is 10.4 Å². The maximum Gasteiger partial charge on any atom is 0.336 e. The molecule has 11 heteroatoms. The number of hydrogen-bond acceptors (Lipinski definition) is 11. The van der Waals surface area contributed by atoms with Crippen LogP contribution in [0.25, 0.3) is 22.1 Å². The van der Waals surface area contributed by atoms with Gasteiger partial charge in [-0.05, 0) is 17.7 Å². The fourth-order valence-electron chi connectivity index (χ4n) is 3.69. The summed E-state index contributed by atoms with van der Waals surface area (Å²) in [6.45, 7) is 0.751. The number of carbonyl (C=O) groups is 1. The molecule has 0 spiro atoms. The molecule has 0 amide bonds. The number of aromatic hydroxyl groups is 2. The lowest BCUT2D eigenvalue weighted by Crippen LogP contribution is -2.60. The van der Waals surface area contributed by atoms with E-state index in [-0.39, 0.29) is 28.2 Å². The second-order valence-corrected chi connectivity index (χ2v) is 7.78. The fraction of sp³-hybridized carbons (Fsp3) is 0.304. The van der Waals surface area contributed by atoms with Crippen molar-refractivity contribution in [1.29, 1.82) is 0 Å². The zero-order valence-corrected chi connectivity index (χ0v) is 17.8. The molecule has 1 aliphatic heterocycles. The predicted octanol–water partition coefficient (Wildman–Crippen LogP) is 0.621. The van der Waals surface area contributed by atoms with Crippen LogP contribution in [0.1, 0.15) is 6.92 Å². The SMILES string of the molecule is CC(=O)OC[C@H]1O[C@@H](Oc2cc(O)cc3oc(=O)cc(-c4ccc(O)cc4)c23)[C@H](O)[C@@H](O)[C@H]1O. The Balaban J connectivity index is 1.77. The maximum atomic E-state index is 12.2. The number of aliphatic hydroxyl groups excluding tert-OH is 3. The first kappa shape index (κ1) is 23.5. The van der Waals surface area contributed by atoms with E-state index in [1.54, 1.807) is 12.1 Å². The fourth-order valence-corrected chi connectivity index (χ4v) is 3.69. The maximum absolute atomic E-state index is 12.2. The van der Waals surface area contributed by atoms with Gasteiger partial charge in [0.05, 0.1) is 5.39 Å². The molecule has 3 aromatic rings. The highest BCUT2D eigenvalue weighted by Crippen LogP contribution is 2.39. The Morgan fingerprint density at radius 2 is 1.68 bits per heavy atom. The van der Waals surface area contributed by atoms with Gasteiger partial charge in [-0.25, -0.2) is 4.79 Å². The van der Waals surface area contributed by atoms with Gasteiger partial charge in [-0.3, -0.25) is 4.79 Å². The van der Waals surface area contributed by atoms with Crippen molar-refractivity contribution in [3.05, 3.63) is 52.9 Å². The number of hydrogen-bond donors (Lipinski definition) is 5. The topological polar surface area (TPSA) is 176 Å². The highest BCUT2D eigenvalue weighted by atomic mass is 16.7. The molecule has 11 nitrogen and oxygen atoms in total. The molecule has 180 valence electrons. The van der Waals surface area contributed by atoms with Gasteiger partial charge in [0.15, 0.2) is 0 Å². The summed E-state index contributed by atoms with van der Waals surface area (Å²) in [5, 5.41) is 50.9. The molecule has 1 aromatic heterocycles. The molecular weight excluding hydrogens is 452 g/mol. The van der Waals surface area contributed by atoms with Gasteiger partial charge in [-0.2, -0.15) is 0 Å². The van der Waals surface area contributed by atoms with Crippen molar-refractivity contribution < 1.29 is 49.0 Å². The van der Waals surface area contributed by atoms with Gasteiger partial charge in [0, 0.05) is 30.7 Å². The highest BCUT2D eigenvalue weighted by Gasteiger charge is 2.45. The van der Waals surface area contributed by atoms with E-state index in [1.165, 1.54) is 30.3 Å². The van der Waals surface area contributed by atoms with Gasteiger partial charge in [-0.15, -0.1) is 0 Å². The third-order valence-electron chi connectivity index (χ3n) is 5.33. The molecule has 0 aliphatic carbocycles. The van der Waals surface area contributed by atoms with Gasteiger partial charge in [0.2, 0.25) is 6.29 Å².